The van der Waals surface area contributed by atoms with Crippen LogP contribution in [0.1, 0.15) is 68.9 Å². The van der Waals surface area contributed by atoms with Gasteiger partial charge in [-0.1, -0.05) is 45.0 Å². The number of benzene rings is 2. The lowest BCUT2D eigenvalue weighted by Crippen LogP contribution is -2.51. The summed E-state index contributed by atoms with van der Waals surface area (Å²) in [5.41, 5.74) is 2.41. The maximum atomic E-state index is 13.5. The lowest BCUT2D eigenvalue weighted by molar-refractivity contribution is -0.0589. The summed E-state index contributed by atoms with van der Waals surface area (Å²) in [6, 6.07) is 12.6. The molecule has 2 heterocycles. The minimum absolute atomic E-state index is 0.0968. The Hall–Kier alpha value is -1.95. The van der Waals surface area contributed by atoms with E-state index < -0.39 is 17.8 Å². The number of aliphatic hydroxyl groups excluding tert-OH is 2. The van der Waals surface area contributed by atoms with Crippen LogP contribution in [0.25, 0.3) is 0 Å². The van der Waals surface area contributed by atoms with Crippen LogP contribution >= 0.6 is 0 Å². The zero-order valence-corrected chi connectivity index (χ0v) is 18.1. The van der Waals surface area contributed by atoms with Gasteiger partial charge in [-0.15, -0.1) is 0 Å². The van der Waals surface area contributed by atoms with Gasteiger partial charge in [0.2, 0.25) is 0 Å². The van der Waals surface area contributed by atoms with E-state index in [0.717, 1.165) is 31.5 Å². The van der Waals surface area contributed by atoms with E-state index >= 15 is 0 Å². The first-order valence-electron chi connectivity index (χ1n) is 10.8. The Morgan fingerprint density at radius 2 is 1.80 bits per heavy atom. The van der Waals surface area contributed by atoms with E-state index in [1.54, 1.807) is 6.07 Å². The summed E-state index contributed by atoms with van der Waals surface area (Å²) in [6.07, 6.45) is 0.791. The summed E-state index contributed by atoms with van der Waals surface area (Å²) in [6.45, 7) is 8.71. The third-order valence-electron chi connectivity index (χ3n) is 6.58. The number of aliphatic hydroxyl groups is 2. The Kier molecular flexibility index (Phi) is 5.64. The molecule has 1 spiro atoms. The zero-order chi connectivity index (χ0) is 21.5. The summed E-state index contributed by atoms with van der Waals surface area (Å²) in [5.74, 6) is 0.231. The van der Waals surface area contributed by atoms with E-state index in [1.807, 2.05) is 12.1 Å². The molecule has 2 N–H and O–H groups in total. The molecule has 4 rings (SSSR count). The first-order chi connectivity index (χ1) is 14.2. The lowest BCUT2D eigenvalue weighted by Gasteiger charge is -2.46. The molecule has 30 heavy (non-hydrogen) atoms. The van der Waals surface area contributed by atoms with Gasteiger partial charge in [0.15, 0.2) is 0 Å². The lowest BCUT2D eigenvalue weighted by atomic mass is 9.81. The third kappa shape index (κ3) is 4.39. The van der Waals surface area contributed by atoms with Crippen molar-refractivity contribution in [3.63, 3.8) is 0 Å². The maximum absolute atomic E-state index is 13.5. The van der Waals surface area contributed by atoms with Crippen molar-refractivity contribution in [2.45, 2.75) is 63.3 Å². The van der Waals surface area contributed by atoms with Crippen LogP contribution in [0.4, 0.5) is 4.39 Å². The number of β-amino-alcohol motifs (C(OH)–C–C–N with tert-alkyl or cyclic N) is 1. The fourth-order valence-corrected chi connectivity index (χ4v) is 4.61. The summed E-state index contributed by atoms with van der Waals surface area (Å²) >= 11 is 0. The van der Waals surface area contributed by atoms with Crippen molar-refractivity contribution in [3.8, 4) is 5.75 Å². The van der Waals surface area contributed by atoms with E-state index in [2.05, 4.69) is 37.8 Å². The Bertz CT molecular complexity index is 882. The van der Waals surface area contributed by atoms with Gasteiger partial charge < -0.3 is 19.8 Å². The minimum atomic E-state index is -0.706. The normalized spacial score (nSPS) is 22.4. The smallest absolute Gasteiger partial charge is 0.126 e. The van der Waals surface area contributed by atoms with Crippen molar-refractivity contribution in [1.82, 2.24) is 4.90 Å². The molecule has 0 radical (unpaired) electrons. The highest BCUT2D eigenvalue weighted by atomic mass is 19.1. The number of nitrogens with zero attached hydrogens (tertiary/aromatic N) is 1. The molecule has 2 aliphatic rings. The maximum Gasteiger partial charge on any atom is 0.126 e. The molecule has 162 valence electrons. The molecule has 2 aromatic rings. The van der Waals surface area contributed by atoms with Crippen LogP contribution in [0.3, 0.4) is 0 Å². The summed E-state index contributed by atoms with van der Waals surface area (Å²) < 4.78 is 19.8. The molecule has 2 atom stereocenters. The molecule has 0 bridgehead atoms. The molecular formula is C25H32FNO3. The predicted octanol–water partition coefficient (Wildman–Crippen LogP) is 4.51. The van der Waals surface area contributed by atoms with E-state index in [-0.39, 0.29) is 11.2 Å². The number of halogens is 1. The van der Waals surface area contributed by atoms with Gasteiger partial charge in [0.1, 0.15) is 17.2 Å². The fraction of sp³-hybridized carbons (Fsp3) is 0.520. The van der Waals surface area contributed by atoms with Gasteiger partial charge in [0, 0.05) is 31.6 Å². The van der Waals surface area contributed by atoms with Crippen LogP contribution in [0.5, 0.6) is 5.75 Å². The molecule has 4 nitrogen and oxygen atoms in total. The second kappa shape index (κ2) is 7.95. The largest absolute Gasteiger partial charge is 0.487 e. The van der Waals surface area contributed by atoms with Crippen molar-refractivity contribution in [2.24, 2.45) is 0 Å². The number of ether oxygens (including phenoxy) is 1. The molecule has 2 aliphatic heterocycles. The number of fused-ring (bicyclic) bond motifs is 1. The van der Waals surface area contributed by atoms with Crippen molar-refractivity contribution in [3.05, 3.63) is 65.0 Å². The quantitative estimate of drug-likeness (QED) is 0.778. The second-order valence-corrected chi connectivity index (χ2v) is 9.88. The molecule has 2 aromatic carbocycles. The molecular weight excluding hydrogens is 381 g/mol. The van der Waals surface area contributed by atoms with Crippen LogP contribution in [0.2, 0.25) is 0 Å². The van der Waals surface area contributed by atoms with E-state index in [9.17, 15) is 14.6 Å². The van der Waals surface area contributed by atoms with Gasteiger partial charge in [-0.3, -0.25) is 0 Å². The van der Waals surface area contributed by atoms with Gasteiger partial charge >= 0.3 is 0 Å². The van der Waals surface area contributed by atoms with Crippen LogP contribution < -0.4 is 4.74 Å². The van der Waals surface area contributed by atoms with Crippen molar-refractivity contribution in [1.29, 1.82) is 0 Å². The topological polar surface area (TPSA) is 52.9 Å². The molecule has 0 saturated carbocycles. The highest BCUT2D eigenvalue weighted by molar-refractivity contribution is 5.38. The van der Waals surface area contributed by atoms with Crippen LogP contribution in [0, 0.1) is 5.82 Å². The van der Waals surface area contributed by atoms with Crippen LogP contribution in [-0.4, -0.2) is 40.3 Å². The molecule has 1 fully saturated rings. The van der Waals surface area contributed by atoms with Gasteiger partial charge in [-0.05, 0) is 47.6 Å². The van der Waals surface area contributed by atoms with Crippen molar-refractivity contribution in [2.75, 3.05) is 19.6 Å². The van der Waals surface area contributed by atoms with Crippen molar-refractivity contribution < 1.29 is 19.3 Å². The third-order valence-corrected chi connectivity index (χ3v) is 6.58. The fourth-order valence-electron chi connectivity index (χ4n) is 4.61. The molecule has 0 amide bonds. The standard InChI is InChI=1S/C25H32FNO3/c1-24(2,3)18-6-4-17(5-7-18)22(29)16-27-12-10-25(11-13-27)15-21(28)20-14-19(26)8-9-23(20)30-25/h4-9,14,21-22,28-29H,10-13,15-16H2,1-3H3. The molecule has 0 aromatic heterocycles. The average molecular weight is 414 g/mol. The number of piperidine rings is 1. The van der Waals surface area contributed by atoms with Gasteiger partial charge in [-0.25, -0.2) is 4.39 Å². The van der Waals surface area contributed by atoms with Crippen LogP contribution in [-0.2, 0) is 5.41 Å². The second-order valence-electron chi connectivity index (χ2n) is 9.88. The number of hydrogen-bond acceptors (Lipinski definition) is 4. The zero-order valence-electron chi connectivity index (χ0n) is 18.1. The minimum Gasteiger partial charge on any atom is -0.487 e. The monoisotopic (exact) mass is 413 g/mol. The van der Waals surface area contributed by atoms with E-state index in [0.29, 0.717) is 24.3 Å². The van der Waals surface area contributed by atoms with E-state index in [4.69, 9.17) is 4.74 Å². The first-order valence-corrected chi connectivity index (χ1v) is 10.8. The molecule has 1 saturated heterocycles. The summed E-state index contributed by atoms with van der Waals surface area (Å²) in [7, 11) is 0. The van der Waals surface area contributed by atoms with Gasteiger partial charge in [0.05, 0.1) is 12.2 Å². The van der Waals surface area contributed by atoms with Gasteiger partial charge in [-0.2, -0.15) is 0 Å². The van der Waals surface area contributed by atoms with Crippen molar-refractivity contribution >= 4 is 0 Å². The SMILES string of the molecule is CC(C)(C)c1ccc(C(O)CN2CCC3(CC2)CC(O)c2cc(F)ccc2O3)cc1. The highest BCUT2D eigenvalue weighted by Gasteiger charge is 2.43. The number of rotatable bonds is 3. The molecule has 5 heteroatoms. The Morgan fingerprint density at radius 1 is 1.13 bits per heavy atom. The first kappa shape index (κ1) is 21.3. The van der Waals surface area contributed by atoms with Crippen LogP contribution in [0.15, 0.2) is 42.5 Å². The van der Waals surface area contributed by atoms with Gasteiger partial charge in [0.25, 0.3) is 0 Å². The highest BCUT2D eigenvalue weighted by Crippen LogP contribution is 2.44. The molecule has 2 unspecified atom stereocenters. The average Bonchev–Trinajstić information content (AvgIpc) is 2.70. The Labute approximate surface area is 178 Å². The Morgan fingerprint density at radius 3 is 2.43 bits per heavy atom. The molecule has 0 aliphatic carbocycles. The Balaban J connectivity index is 1.36. The van der Waals surface area contributed by atoms with E-state index in [1.165, 1.54) is 17.7 Å². The predicted molar refractivity (Wildman–Crippen MR) is 115 cm³/mol. The number of likely N-dealkylation sites (tertiary alicyclic amines) is 1. The number of hydrogen-bond donors (Lipinski definition) is 2. The summed E-state index contributed by atoms with van der Waals surface area (Å²) in [4.78, 5) is 2.25. The summed E-state index contributed by atoms with van der Waals surface area (Å²) in [5, 5.41) is 21.3.